The third kappa shape index (κ3) is 4.35. The molecule has 0 saturated carbocycles. The van der Waals surface area contributed by atoms with Gasteiger partial charge in [-0.1, -0.05) is 0 Å². The number of nitrogens with zero attached hydrogens (tertiary/aromatic N) is 2. The Bertz CT molecular complexity index is 722. The van der Waals surface area contributed by atoms with Gasteiger partial charge in [0.05, 0.1) is 29.7 Å². The highest BCUT2D eigenvalue weighted by Gasteiger charge is 2.16. The Kier molecular flexibility index (Phi) is 5.36. The molecule has 2 aromatic carbocycles. The van der Waals surface area contributed by atoms with Gasteiger partial charge in [0.25, 0.3) is 0 Å². The van der Waals surface area contributed by atoms with Crippen molar-refractivity contribution in [1.29, 1.82) is 5.26 Å². The number of nitro groups is 1. The van der Waals surface area contributed by atoms with E-state index in [0.29, 0.717) is 17.1 Å². The Morgan fingerprint density at radius 1 is 1.09 bits per heavy atom. The second-order valence-corrected chi connectivity index (χ2v) is 4.42. The first-order valence-corrected chi connectivity index (χ1v) is 6.72. The summed E-state index contributed by atoms with van der Waals surface area (Å²) in [6.45, 7) is 0.363. The van der Waals surface area contributed by atoms with Crippen LogP contribution in [0.4, 0.5) is 5.69 Å². The smallest absolute Gasteiger partial charge is 0.314 e. The van der Waals surface area contributed by atoms with Gasteiger partial charge >= 0.3 is 5.69 Å². The lowest BCUT2D eigenvalue weighted by Crippen LogP contribution is -2.10. The molecule has 0 spiro atoms. The number of nitriles is 1. The van der Waals surface area contributed by atoms with Crippen LogP contribution < -0.4 is 14.2 Å². The van der Waals surface area contributed by atoms with E-state index in [9.17, 15) is 10.1 Å². The standard InChI is InChI=1S/C16H14N2O5/c1-21-14-6-7-16(15(10-14)18(19)20)23-9-8-22-13-4-2-12(11-17)3-5-13/h2-7,10H,8-9H2,1H3. The average molecular weight is 314 g/mol. The number of nitro benzene ring substituents is 1. The molecule has 0 bridgehead atoms. The highest BCUT2D eigenvalue weighted by atomic mass is 16.6. The minimum absolute atomic E-state index is 0.146. The lowest BCUT2D eigenvalue weighted by molar-refractivity contribution is -0.385. The summed E-state index contributed by atoms with van der Waals surface area (Å²) < 4.78 is 15.8. The fraction of sp³-hybridized carbons (Fsp3) is 0.188. The third-order valence-electron chi connectivity index (χ3n) is 2.96. The number of methoxy groups -OCH3 is 1. The maximum Gasteiger partial charge on any atom is 0.314 e. The van der Waals surface area contributed by atoms with E-state index in [1.165, 1.54) is 19.2 Å². The van der Waals surface area contributed by atoms with Crippen LogP contribution in [-0.2, 0) is 0 Å². The summed E-state index contributed by atoms with van der Waals surface area (Å²) in [6, 6.07) is 13.0. The lowest BCUT2D eigenvalue weighted by Gasteiger charge is -2.09. The van der Waals surface area contributed by atoms with E-state index in [2.05, 4.69) is 0 Å². The molecule has 23 heavy (non-hydrogen) atoms. The third-order valence-corrected chi connectivity index (χ3v) is 2.96. The van der Waals surface area contributed by atoms with Crippen LogP contribution >= 0.6 is 0 Å². The zero-order valence-corrected chi connectivity index (χ0v) is 12.4. The van der Waals surface area contributed by atoms with Crippen molar-refractivity contribution >= 4 is 5.69 Å². The molecule has 0 heterocycles. The van der Waals surface area contributed by atoms with Crippen molar-refractivity contribution in [3.63, 3.8) is 0 Å². The van der Waals surface area contributed by atoms with Gasteiger partial charge in [-0.05, 0) is 36.4 Å². The second-order valence-electron chi connectivity index (χ2n) is 4.42. The summed E-state index contributed by atoms with van der Waals surface area (Å²) in [5.74, 6) is 1.13. The van der Waals surface area contributed by atoms with Gasteiger partial charge < -0.3 is 14.2 Å². The first kappa shape index (κ1) is 16.1. The zero-order valence-electron chi connectivity index (χ0n) is 12.4. The molecule has 0 atom stereocenters. The van der Waals surface area contributed by atoms with Crippen LogP contribution in [0.1, 0.15) is 5.56 Å². The van der Waals surface area contributed by atoms with Crippen molar-refractivity contribution in [3.8, 4) is 23.3 Å². The molecule has 7 nitrogen and oxygen atoms in total. The number of benzene rings is 2. The predicted octanol–water partition coefficient (Wildman–Crippen LogP) is 2.93. The quantitative estimate of drug-likeness (QED) is 0.443. The minimum Gasteiger partial charge on any atom is -0.496 e. The van der Waals surface area contributed by atoms with E-state index < -0.39 is 4.92 Å². The molecule has 2 aromatic rings. The summed E-state index contributed by atoms with van der Waals surface area (Å²) >= 11 is 0. The van der Waals surface area contributed by atoms with E-state index >= 15 is 0 Å². The second kappa shape index (κ2) is 7.66. The van der Waals surface area contributed by atoms with E-state index in [4.69, 9.17) is 19.5 Å². The van der Waals surface area contributed by atoms with Crippen LogP contribution in [-0.4, -0.2) is 25.2 Å². The summed E-state index contributed by atoms with van der Waals surface area (Å²) in [5.41, 5.74) is 0.380. The van der Waals surface area contributed by atoms with E-state index in [1.807, 2.05) is 6.07 Å². The molecule has 0 fully saturated rings. The highest BCUT2D eigenvalue weighted by molar-refractivity contribution is 5.50. The van der Waals surface area contributed by atoms with Gasteiger partial charge in [0.15, 0.2) is 5.75 Å². The SMILES string of the molecule is COc1ccc(OCCOc2ccc(C#N)cc2)c([N+](=O)[O-])c1. The molecular weight excluding hydrogens is 300 g/mol. The average Bonchev–Trinajstić information content (AvgIpc) is 2.59. The molecule has 0 radical (unpaired) electrons. The summed E-state index contributed by atoms with van der Waals surface area (Å²) in [7, 11) is 1.44. The minimum atomic E-state index is -0.528. The maximum absolute atomic E-state index is 11.0. The van der Waals surface area contributed by atoms with E-state index in [0.717, 1.165) is 0 Å². The zero-order chi connectivity index (χ0) is 16.7. The van der Waals surface area contributed by atoms with Gasteiger partial charge in [-0.15, -0.1) is 0 Å². The molecule has 0 N–H and O–H groups in total. The first-order chi connectivity index (χ1) is 11.1. The normalized spacial score (nSPS) is 9.74. The largest absolute Gasteiger partial charge is 0.496 e. The van der Waals surface area contributed by atoms with Crippen LogP contribution in [0.25, 0.3) is 0 Å². The fourth-order valence-corrected chi connectivity index (χ4v) is 1.83. The molecule has 0 amide bonds. The highest BCUT2D eigenvalue weighted by Crippen LogP contribution is 2.30. The van der Waals surface area contributed by atoms with Crippen LogP contribution in [0.15, 0.2) is 42.5 Å². The molecule has 2 rings (SSSR count). The van der Waals surface area contributed by atoms with Gasteiger partial charge in [0.2, 0.25) is 0 Å². The van der Waals surface area contributed by atoms with Crippen molar-refractivity contribution in [2.45, 2.75) is 0 Å². The summed E-state index contributed by atoms with van der Waals surface area (Å²) in [6.07, 6.45) is 0. The molecule has 0 unspecified atom stereocenters. The van der Waals surface area contributed by atoms with Gasteiger partial charge in [-0.2, -0.15) is 5.26 Å². The number of rotatable bonds is 7. The molecule has 7 heteroatoms. The molecule has 0 aliphatic carbocycles. The monoisotopic (exact) mass is 314 g/mol. The maximum atomic E-state index is 11.0. The van der Waals surface area contributed by atoms with Gasteiger partial charge in [0, 0.05) is 0 Å². The topological polar surface area (TPSA) is 94.6 Å². The number of hydrogen-bond acceptors (Lipinski definition) is 6. The molecule has 118 valence electrons. The van der Waals surface area contributed by atoms with Gasteiger partial charge in [-0.3, -0.25) is 10.1 Å². The van der Waals surface area contributed by atoms with Gasteiger partial charge in [-0.25, -0.2) is 0 Å². The Labute approximate surface area is 132 Å². The van der Waals surface area contributed by atoms with Crippen molar-refractivity contribution in [2.75, 3.05) is 20.3 Å². The molecule has 0 saturated heterocycles. The van der Waals surface area contributed by atoms with Crippen LogP contribution in [0.3, 0.4) is 0 Å². The Hall–Kier alpha value is -3.27. The molecular formula is C16H14N2O5. The molecule has 0 aliphatic rings. The van der Waals surface area contributed by atoms with Crippen molar-refractivity contribution in [2.24, 2.45) is 0 Å². The first-order valence-electron chi connectivity index (χ1n) is 6.72. The predicted molar refractivity (Wildman–Crippen MR) is 81.8 cm³/mol. The van der Waals surface area contributed by atoms with Crippen molar-refractivity contribution < 1.29 is 19.1 Å². The molecule has 0 aromatic heterocycles. The number of ether oxygens (including phenoxy) is 3. The fourth-order valence-electron chi connectivity index (χ4n) is 1.83. The van der Waals surface area contributed by atoms with Crippen LogP contribution in [0.2, 0.25) is 0 Å². The lowest BCUT2D eigenvalue weighted by atomic mass is 10.2. The van der Waals surface area contributed by atoms with Crippen LogP contribution in [0, 0.1) is 21.4 Å². The van der Waals surface area contributed by atoms with Crippen molar-refractivity contribution in [3.05, 3.63) is 58.1 Å². The van der Waals surface area contributed by atoms with E-state index in [1.54, 1.807) is 30.3 Å². The number of hydrogen-bond donors (Lipinski definition) is 0. The Morgan fingerprint density at radius 2 is 1.74 bits per heavy atom. The van der Waals surface area contributed by atoms with Gasteiger partial charge in [0.1, 0.15) is 24.7 Å². The van der Waals surface area contributed by atoms with Crippen molar-refractivity contribution in [1.82, 2.24) is 0 Å². The summed E-state index contributed by atoms with van der Waals surface area (Å²) in [5, 5.41) is 19.7. The molecule has 0 aliphatic heterocycles. The Morgan fingerprint density at radius 3 is 2.35 bits per heavy atom. The van der Waals surface area contributed by atoms with E-state index in [-0.39, 0.29) is 24.7 Å². The Balaban J connectivity index is 1.90. The summed E-state index contributed by atoms with van der Waals surface area (Å²) in [4.78, 5) is 10.5. The van der Waals surface area contributed by atoms with Crippen LogP contribution in [0.5, 0.6) is 17.2 Å².